The van der Waals surface area contributed by atoms with Gasteiger partial charge in [-0.3, -0.25) is 4.90 Å². The molecular weight excluding hydrogens is 256 g/mol. The molecule has 5 nitrogen and oxygen atoms in total. The first-order chi connectivity index (χ1) is 9.72. The van der Waals surface area contributed by atoms with Crippen LogP contribution in [0.5, 0.6) is 0 Å². The predicted molar refractivity (Wildman–Crippen MR) is 77.6 cm³/mol. The molecule has 2 aliphatic rings. The number of aliphatic hydroxyl groups is 1. The minimum absolute atomic E-state index is 0.181. The second-order valence-electron chi connectivity index (χ2n) is 6.19. The zero-order chi connectivity index (χ0) is 14.4. The molecule has 1 heterocycles. The van der Waals surface area contributed by atoms with E-state index in [4.69, 9.17) is 9.84 Å². The van der Waals surface area contributed by atoms with Gasteiger partial charge in [-0.1, -0.05) is 12.8 Å². The summed E-state index contributed by atoms with van der Waals surface area (Å²) >= 11 is 0. The Kier molecular flexibility index (Phi) is 6.10. The van der Waals surface area contributed by atoms with Crippen LogP contribution in [0, 0.1) is 5.92 Å². The molecular formula is C15H28N2O3. The van der Waals surface area contributed by atoms with Crippen LogP contribution in [-0.2, 0) is 4.74 Å². The lowest BCUT2D eigenvalue weighted by molar-refractivity contribution is 0.0874. The number of ether oxygens (including phenoxy) is 1. The highest BCUT2D eigenvalue weighted by atomic mass is 16.5. The summed E-state index contributed by atoms with van der Waals surface area (Å²) in [6.45, 7) is 2.31. The Morgan fingerprint density at radius 1 is 1.35 bits per heavy atom. The third kappa shape index (κ3) is 4.35. The molecule has 5 heteroatoms. The van der Waals surface area contributed by atoms with Crippen LogP contribution in [0.4, 0.5) is 4.79 Å². The van der Waals surface area contributed by atoms with Crippen LogP contribution in [-0.4, -0.2) is 55.0 Å². The maximum Gasteiger partial charge on any atom is 0.407 e. The SMILES string of the molecule is COC(=O)NC1CC(CCCO)CN(C2CCCC2)C1. The van der Waals surface area contributed by atoms with Crippen molar-refractivity contribution in [2.45, 2.75) is 57.0 Å². The van der Waals surface area contributed by atoms with E-state index in [0.717, 1.165) is 32.4 Å². The fourth-order valence-corrected chi connectivity index (χ4v) is 3.73. The minimum atomic E-state index is -0.329. The largest absolute Gasteiger partial charge is 0.453 e. The van der Waals surface area contributed by atoms with E-state index >= 15 is 0 Å². The van der Waals surface area contributed by atoms with Crippen LogP contribution in [0.3, 0.4) is 0 Å². The summed E-state index contributed by atoms with van der Waals surface area (Å²) in [6.07, 6.45) is 7.81. The lowest BCUT2D eigenvalue weighted by Crippen LogP contribution is -2.53. The van der Waals surface area contributed by atoms with Crippen molar-refractivity contribution in [2.24, 2.45) is 5.92 Å². The molecule has 2 rings (SSSR count). The van der Waals surface area contributed by atoms with Crippen molar-refractivity contribution < 1.29 is 14.6 Å². The lowest BCUT2D eigenvalue weighted by Gasteiger charge is -2.41. The van der Waals surface area contributed by atoms with Crippen molar-refractivity contribution in [3.8, 4) is 0 Å². The summed E-state index contributed by atoms with van der Waals surface area (Å²) in [5, 5.41) is 12.0. The first kappa shape index (κ1) is 15.6. The second kappa shape index (κ2) is 7.84. The van der Waals surface area contributed by atoms with Crippen molar-refractivity contribution in [1.82, 2.24) is 10.2 Å². The molecule has 0 aromatic carbocycles. The highest BCUT2D eigenvalue weighted by molar-refractivity contribution is 5.67. The fourth-order valence-electron chi connectivity index (χ4n) is 3.73. The molecule has 0 spiro atoms. The van der Waals surface area contributed by atoms with Crippen molar-refractivity contribution in [1.29, 1.82) is 0 Å². The number of hydrogen-bond donors (Lipinski definition) is 2. The zero-order valence-electron chi connectivity index (χ0n) is 12.5. The van der Waals surface area contributed by atoms with Gasteiger partial charge in [0, 0.05) is 31.8 Å². The van der Waals surface area contributed by atoms with Crippen LogP contribution in [0.15, 0.2) is 0 Å². The number of nitrogens with zero attached hydrogens (tertiary/aromatic N) is 1. The first-order valence-corrected chi connectivity index (χ1v) is 7.92. The number of carbonyl (C=O) groups excluding carboxylic acids is 1. The van der Waals surface area contributed by atoms with Crippen molar-refractivity contribution in [3.05, 3.63) is 0 Å². The predicted octanol–water partition coefficient (Wildman–Crippen LogP) is 1.75. The molecule has 1 aliphatic heterocycles. The van der Waals surface area contributed by atoms with Gasteiger partial charge in [0.15, 0.2) is 0 Å². The Bertz CT molecular complexity index is 305. The Balaban J connectivity index is 1.92. The highest BCUT2D eigenvalue weighted by Gasteiger charge is 2.32. The number of alkyl carbamates (subject to hydrolysis) is 1. The monoisotopic (exact) mass is 284 g/mol. The van der Waals surface area contributed by atoms with Gasteiger partial charge in [0.2, 0.25) is 0 Å². The molecule has 1 amide bonds. The second-order valence-corrected chi connectivity index (χ2v) is 6.19. The lowest BCUT2D eigenvalue weighted by atomic mass is 9.89. The Morgan fingerprint density at radius 2 is 2.10 bits per heavy atom. The number of likely N-dealkylation sites (tertiary alicyclic amines) is 1. The van der Waals surface area contributed by atoms with Crippen molar-refractivity contribution >= 4 is 6.09 Å². The average Bonchev–Trinajstić information content (AvgIpc) is 2.99. The van der Waals surface area contributed by atoms with E-state index in [2.05, 4.69) is 10.2 Å². The van der Waals surface area contributed by atoms with Gasteiger partial charge in [-0.25, -0.2) is 4.79 Å². The molecule has 0 aromatic heterocycles. The number of carbonyl (C=O) groups is 1. The van der Waals surface area contributed by atoms with E-state index in [1.165, 1.54) is 32.8 Å². The summed E-state index contributed by atoms with van der Waals surface area (Å²) in [4.78, 5) is 14.0. The smallest absolute Gasteiger partial charge is 0.407 e. The third-order valence-electron chi connectivity index (χ3n) is 4.68. The molecule has 0 aromatic rings. The van der Waals surface area contributed by atoms with Crippen LogP contribution < -0.4 is 5.32 Å². The number of hydrogen-bond acceptors (Lipinski definition) is 4. The molecule has 2 fully saturated rings. The summed E-state index contributed by atoms with van der Waals surface area (Å²) in [5.41, 5.74) is 0. The van der Waals surface area contributed by atoms with E-state index in [1.807, 2.05) is 0 Å². The van der Waals surface area contributed by atoms with Gasteiger partial charge in [0.25, 0.3) is 0 Å². The van der Waals surface area contributed by atoms with E-state index in [1.54, 1.807) is 0 Å². The van der Waals surface area contributed by atoms with Crippen LogP contribution in [0.2, 0.25) is 0 Å². The fraction of sp³-hybridized carbons (Fsp3) is 0.933. The van der Waals surface area contributed by atoms with Crippen LogP contribution >= 0.6 is 0 Å². The molecule has 2 N–H and O–H groups in total. The number of amides is 1. The normalized spacial score (nSPS) is 28.5. The summed E-state index contributed by atoms with van der Waals surface area (Å²) < 4.78 is 4.72. The van der Waals surface area contributed by atoms with E-state index in [0.29, 0.717) is 12.0 Å². The number of nitrogens with one attached hydrogen (secondary N) is 1. The molecule has 20 heavy (non-hydrogen) atoms. The van der Waals surface area contributed by atoms with Gasteiger partial charge in [-0.15, -0.1) is 0 Å². The van der Waals surface area contributed by atoms with Gasteiger partial charge in [-0.2, -0.15) is 0 Å². The number of piperidine rings is 1. The topological polar surface area (TPSA) is 61.8 Å². The number of methoxy groups -OCH3 is 1. The van der Waals surface area contributed by atoms with Crippen LogP contribution in [0.25, 0.3) is 0 Å². The van der Waals surface area contributed by atoms with E-state index in [9.17, 15) is 4.79 Å². The number of aliphatic hydroxyl groups excluding tert-OH is 1. The van der Waals surface area contributed by atoms with Crippen molar-refractivity contribution in [2.75, 3.05) is 26.8 Å². The summed E-state index contributed by atoms with van der Waals surface area (Å²) in [5.74, 6) is 0.568. The Morgan fingerprint density at radius 3 is 2.75 bits per heavy atom. The maximum absolute atomic E-state index is 11.4. The molecule has 2 unspecified atom stereocenters. The molecule has 1 saturated carbocycles. The molecule has 2 atom stereocenters. The van der Waals surface area contributed by atoms with Gasteiger partial charge in [0.1, 0.15) is 0 Å². The third-order valence-corrected chi connectivity index (χ3v) is 4.68. The van der Waals surface area contributed by atoms with Gasteiger partial charge in [-0.05, 0) is 38.0 Å². The van der Waals surface area contributed by atoms with Crippen LogP contribution in [0.1, 0.15) is 44.9 Å². The van der Waals surface area contributed by atoms with Gasteiger partial charge < -0.3 is 15.2 Å². The summed E-state index contributed by atoms with van der Waals surface area (Å²) in [6, 6.07) is 0.870. The zero-order valence-corrected chi connectivity index (χ0v) is 12.5. The Labute approximate surface area is 121 Å². The Hall–Kier alpha value is -0.810. The van der Waals surface area contributed by atoms with Gasteiger partial charge in [0.05, 0.1) is 7.11 Å². The standard InChI is InChI=1S/C15H28N2O3/c1-20-15(19)16-13-9-12(5-4-8-18)10-17(11-13)14-6-2-3-7-14/h12-14,18H,2-11H2,1H3,(H,16,19). The average molecular weight is 284 g/mol. The maximum atomic E-state index is 11.4. The quantitative estimate of drug-likeness (QED) is 0.807. The summed E-state index contributed by atoms with van der Waals surface area (Å²) in [7, 11) is 1.41. The van der Waals surface area contributed by atoms with E-state index < -0.39 is 0 Å². The number of rotatable bonds is 5. The van der Waals surface area contributed by atoms with Gasteiger partial charge >= 0.3 is 6.09 Å². The molecule has 116 valence electrons. The molecule has 0 radical (unpaired) electrons. The van der Waals surface area contributed by atoms with E-state index in [-0.39, 0.29) is 18.7 Å². The molecule has 0 bridgehead atoms. The highest BCUT2D eigenvalue weighted by Crippen LogP contribution is 2.29. The van der Waals surface area contributed by atoms with Crippen molar-refractivity contribution in [3.63, 3.8) is 0 Å². The molecule has 1 saturated heterocycles. The first-order valence-electron chi connectivity index (χ1n) is 7.92. The molecule has 1 aliphatic carbocycles. The minimum Gasteiger partial charge on any atom is -0.453 e.